The summed E-state index contributed by atoms with van der Waals surface area (Å²) in [4.78, 5) is 27.7. The highest BCUT2D eigenvalue weighted by Gasteiger charge is 2.32. The van der Waals surface area contributed by atoms with Crippen LogP contribution in [0.15, 0.2) is 58.2 Å². The first-order chi connectivity index (χ1) is 16.1. The number of hydrogen-bond donors (Lipinski definition) is 1. The largest absolute Gasteiger partial charge is 0.467 e. The Balaban J connectivity index is 1.35. The van der Waals surface area contributed by atoms with Gasteiger partial charge in [0.25, 0.3) is 5.91 Å². The number of furan rings is 1. The molecule has 170 valence electrons. The molecule has 3 aromatic rings. The van der Waals surface area contributed by atoms with Gasteiger partial charge in [0.2, 0.25) is 5.91 Å². The third kappa shape index (κ3) is 4.75. The molecule has 0 spiro atoms. The molecule has 2 aliphatic heterocycles. The predicted molar refractivity (Wildman–Crippen MR) is 131 cm³/mol. The van der Waals surface area contributed by atoms with Gasteiger partial charge in [-0.05, 0) is 37.1 Å². The molecule has 2 saturated heterocycles. The van der Waals surface area contributed by atoms with E-state index in [2.05, 4.69) is 5.32 Å². The standard InChI is InChI=1S/C24H23N3O4S2/c28-22(25-12-17-5-3-9-30-17)15-26-13-16(19-7-1-2-8-20(19)26)11-21-23(29)27(24(32)33-21)14-18-6-4-10-31-18/h1-2,4,6-8,10-11,13,17H,3,5,9,12,14-15H2,(H,25,28)/b21-11-/t17-/m1/s1. The Morgan fingerprint density at radius 3 is 2.94 bits per heavy atom. The fraction of sp³-hybridized carbons (Fsp3) is 0.292. The Morgan fingerprint density at radius 1 is 1.27 bits per heavy atom. The van der Waals surface area contributed by atoms with E-state index >= 15 is 0 Å². The molecule has 4 heterocycles. The summed E-state index contributed by atoms with van der Waals surface area (Å²) in [6.07, 6.45) is 7.47. The molecule has 0 aliphatic carbocycles. The molecule has 7 nitrogen and oxygen atoms in total. The average Bonchev–Trinajstić information content (AvgIpc) is 3.61. The average molecular weight is 482 g/mol. The molecular weight excluding hydrogens is 458 g/mol. The smallest absolute Gasteiger partial charge is 0.266 e. The van der Waals surface area contributed by atoms with Gasteiger partial charge in [-0.1, -0.05) is 42.2 Å². The van der Waals surface area contributed by atoms with Crippen LogP contribution in [0.5, 0.6) is 0 Å². The number of fused-ring (bicyclic) bond motifs is 1. The second-order valence-corrected chi connectivity index (χ2v) is 9.69. The minimum atomic E-state index is -0.146. The lowest BCUT2D eigenvalue weighted by Gasteiger charge is -2.11. The number of nitrogens with zero attached hydrogens (tertiary/aromatic N) is 2. The third-order valence-corrected chi connectivity index (χ3v) is 7.12. The number of hydrogen-bond acceptors (Lipinski definition) is 6. The summed E-state index contributed by atoms with van der Waals surface area (Å²) in [7, 11) is 0. The van der Waals surface area contributed by atoms with E-state index < -0.39 is 0 Å². The molecular formula is C24H23N3O4S2. The number of thioether (sulfide) groups is 1. The van der Waals surface area contributed by atoms with Crippen molar-refractivity contribution in [3.05, 3.63) is 65.1 Å². The Labute approximate surface area is 200 Å². The van der Waals surface area contributed by atoms with Gasteiger partial charge in [-0.3, -0.25) is 14.5 Å². The summed E-state index contributed by atoms with van der Waals surface area (Å²) in [5, 5.41) is 3.94. The molecule has 1 N–H and O–H groups in total. The van der Waals surface area contributed by atoms with Crippen LogP contribution in [0.2, 0.25) is 0 Å². The second kappa shape index (κ2) is 9.54. The first-order valence-electron chi connectivity index (χ1n) is 10.8. The van der Waals surface area contributed by atoms with E-state index in [4.69, 9.17) is 21.4 Å². The highest BCUT2D eigenvalue weighted by Crippen LogP contribution is 2.35. The van der Waals surface area contributed by atoms with Gasteiger partial charge >= 0.3 is 0 Å². The molecule has 0 bridgehead atoms. The maximum Gasteiger partial charge on any atom is 0.266 e. The van der Waals surface area contributed by atoms with Crippen molar-refractivity contribution in [3.8, 4) is 0 Å². The third-order valence-electron chi connectivity index (χ3n) is 5.74. The van der Waals surface area contributed by atoms with Crippen molar-refractivity contribution in [2.45, 2.75) is 32.0 Å². The van der Waals surface area contributed by atoms with Crippen LogP contribution in [0.25, 0.3) is 17.0 Å². The minimum absolute atomic E-state index is 0.0671. The van der Waals surface area contributed by atoms with Crippen LogP contribution in [-0.4, -0.2) is 44.9 Å². The van der Waals surface area contributed by atoms with E-state index in [-0.39, 0.29) is 24.5 Å². The SMILES string of the molecule is O=C(Cn1cc(/C=C2\SC(=S)N(Cc3ccco3)C2=O)c2ccccc21)NC[C@H]1CCCO1. The predicted octanol–water partition coefficient (Wildman–Crippen LogP) is 3.93. The van der Waals surface area contributed by atoms with Crippen LogP contribution in [0, 0.1) is 0 Å². The number of amides is 2. The van der Waals surface area contributed by atoms with E-state index in [0.29, 0.717) is 28.1 Å². The molecule has 9 heteroatoms. The summed E-state index contributed by atoms with van der Waals surface area (Å²) >= 11 is 6.71. The van der Waals surface area contributed by atoms with Crippen LogP contribution in [0.3, 0.4) is 0 Å². The van der Waals surface area contributed by atoms with Gasteiger partial charge in [-0.25, -0.2) is 0 Å². The van der Waals surface area contributed by atoms with Crippen molar-refractivity contribution < 1.29 is 18.7 Å². The fourth-order valence-corrected chi connectivity index (χ4v) is 5.35. The minimum Gasteiger partial charge on any atom is -0.467 e. The Bertz CT molecular complexity index is 1230. The first-order valence-corrected chi connectivity index (χ1v) is 12.0. The lowest BCUT2D eigenvalue weighted by atomic mass is 10.1. The summed E-state index contributed by atoms with van der Waals surface area (Å²) in [5.74, 6) is 0.466. The Hall–Kier alpha value is -2.88. The summed E-state index contributed by atoms with van der Waals surface area (Å²) in [5.41, 5.74) is 1.80. The van der Waals surface area contributed by atoms with Crippen LogP contribution in [0.4, 0.5) is 0 Å². The summed E-state index contributed by atoms with van der Waals surface area (Å²) < 4.78 is 13.4. The van der Waals surface area contributed by atoms with E-state index in [0.717, 1.165) is 35.9 Å². The van der Waals surface area contributed by atoms with Crippen molar-refractivity contribution in [3.63, 3.8) is 0 Å². The topological polar surface area (TPSA) is 76.7 Å². The number of rotatable bonds is 7. The number of aromatic nitrogens is 1. The number of benzene rings is 1. The molecule has 2 amide bonds. The van der Waals surface area contributed by atoms with Crippen molar-refractivity contribution in [1.29, 1.82) is 0 Å². The molecule has 0 saturated carbocycles. The molecule has 1 aromatic carbocycles. The monoisotopic (exact) mass is 481 g/mol. The summed E-state index contributed by atoms with van der Waals surface area (Å²) in [6.45, 7) is 1.80. The maximum absolute atomic E-state index is 13.0. The Morgan fingerprint density at radius 2 is 2.15 bits per heavy atom. The van der Waals surface area contributed by atoms with E-state index in [1.165, 1.54) is 11.8 Å². The van der Waals surface area contributed by atoms with Crippen molar-refractivity contribution in [2.75, 3.05) is 13.2 Å². The van der Waals surface area contributed by atoms with E-state index in [9.17, 15) is 9.59 Å². The number of ether oxygens (including phenoxy) is 1. The number of para-hydroxylation sites is 1. The van der Waals surface area contributed by atoms with Crippen LogP contribution >= 0.6 is 24.0 Å². The molecule has 5 rings (SSSR count). The lowest BCUT2D eigenvalue weighted by Crippen LogP contribution is -2.34. The zero-order chi connectivity index (χ0) is 22.8. The van der Waals surface area contributed by atoms with E-state index in [1.807, 2.05) is 47.2 Å². The van der Waals surface area contributed by atoms with Gasteiger partial charge in [0, 0.05) is 35.8 Å². The van der Waals surface area contributed by atoms with Gasteiger partial charge in [0.1, 0.15) is 16.6 Å². The number of nitrogens with one attached hydrogen (secondary N) is 1. The lowest BCUT2D eigenvalue weighted by molar-refractivity contribution is -0.123. The quantitative estimate of drug-likeness (QED) is 0.407. The van der Waals surface area contributed by atoms with Crippen molar-refractivity contribution in [1.82, 2.24) is 14.8 Å². The Kier molecular flexibility index (Phi) is 6.34. The van der Waals surface area contributed by atoms with Crippen molar-refractivity contribution >= 4 is 57.1 Å². The number of carbonyl (C=O) groups excluding carboxylic acids is 2. The number of carbonyl (C=O) groups is 2. The zero-order valence-electron chi connectivity index (χ0n) is 17.9. The molecule has 2 fully saturated rings. The van der Waals surface area contributed by atoms with Gasteiger partial charge in [0.05, 0.1) is 23.8 Å². The highest BCUT2D eigenvalue weighted by molar-refractivity contribution is 8.26. The van der Waals surface area contributed by atoms with Crippen LogP contribution in [-0.2, 0) is 27.4 Å². The summed E-state index contributed by atoms with van der Waals surface area (Å²) in [6, 6.07) is 11.5. The second-order valence-electron chi connectivity index (χ2n) is 8.02. The van der Waals surface area contributed by atoms with Gasteiger partial charge in [-0.15, -0.1) is 0 Å². The van der Waals surface area contributed by atoms with Crippen LogP contribution in [0.1, 0.15) is 24.2 Å². The zero-order valence-corrected chi connectivity index (χ0v) is 19.5. The molecule has 2 aromatic heterocycles. The molecule has 33 heavy (non-hydrogen) atoms. The molecule has 0 radical (unpaired) electrons. The maximum atomic E-state index is 13.0. The normalized spacial score (nSPS) is 19.8. The highest BCUT2D eigenvalue weighted by atomic mass is 32.2. The van der Waals surface area contributed by atoms with Crippen molar-refractivity contribution in [2.24, 2.45) is 0 Å². The molecule has 1 atom stereocenters. The van der Waals surface area contributed by atoms with Gasteiger partial charge < -0.3 is 19.0 Å². The van der Waals surface area contributed by atoms with Gasteiger partial charge in [0.15, 0.2) is 0 Å². The first kappa shape index (κ1) is 21.9. The number of thiocarbonyl (C=S) groups is 1. The fourth-order valence-electron chi connectivity index (χ4n) is 4.10. The van der Waals surface area contributed by atoms with Crippen LogP contribution < -0.4 is 5.32 Å². The van der Waals surface area contributed by atoms with Gasteiger partial charge in [-0.2, -0.15) is 0 Å². The van der Waals surface area contributed by atoms with E-state index in [1.54, 1.807) is 17.2 Å². The molecule has 0 unspecified atom stereocenters. The molecule has 2 aliphatic rings.